The Morgan fingerprint density at radius 3 is 2.80 bits per heavy atom. The Balaban J connectivity index is 1.60. The van der Waals surface area contributed by atoms with Crippen LogP contribution in [0.1, 0.15) is 43.6 Å². The number of pyridine rings is 1. The second-order valence-corrected chi connectivity index (χ2v) is 9.16. The van der Waals surface area contributed by atoms with Gasteiger partial charge in [-0.15, -0.1) is 0 Å². The Kier molecular flexibility index (Phi) is 4.53. The Hall–Kier alpha value is -2.11. The number of nitrogens with zero attached hydrogens (tertiary/aromatic N) is 4. The smallest absolute Gasteiger partial charge is 0.252 e. The fourth-order valence-corrected chi connectivity index (χ4v) is 4.72. The quantitative estimate of drug-likeness (QED) is 0.725. The Morgan fingerprint density at radius 2 is 2.07 bits per heavy atom. The predicted octanol–water partition coefficient (Wildman–Crippen LogP) is 1.05. The lowest BCUT2D eigenvalue weighted by atomic mass is 9.91. The van der Waals surface area contributed by atoms with E-state index in [2.05, 4.69) is 15.3 Å². The van der Waals surface area contributed by atoms with Gasteiger partial charge >= 0.3 is 0 Å². The number of rotatable bonds is 4. The average molecular weight is 444 g/mol. The second-order valence-electron chi connectivity index (χ2n) is 7.70. The molecule has 0 aromatic carbocycles. The van der Waals surface area contributed by atoms with E-state index in [1.54, 1.807) is 0 Å². The average Bonchev–Trinajstić information content (AvgIpc) is 2.75. The molecule has 0 radical (unpaired) electrons. The first kappa shape index (κ1) is 16.6. The number of sulfonamides is 1. The summed E-state index contributed by atoms with van der Waals surface area (Å²) < 4.78 is 71.4. The van der Waals surface area contributed by atoms with Crippen molar-refractivity contribution in [1.82, 2.24) is 18.8 Å². The number of hydrogen-bond acceptors (Lipinski definition) is 7. The first-order chi connectivity index (χ1) is 15.8. The van der Waals surface area contributed by atoms with Crippen LogP contribution in [-0.2, 0) is 10.0 Å². The van der Waals surface area contributed by atoms with Crippen LogP contribution >= 0.6 is 0 Å². The van der Waals surface area contributed by atoms with Gasteiger partial charge in [-0.2, -0.15) is 4.98 Å². The maximum Gasteiger partial charge on any atom is 0.252 e. The minimum Gasteiger partial charge on any atom is -0.393 e. The third kappa shape index (κ3) is 4.33. The molecule has 2 aliphatic rings. The standard InChI is InChI=1S/C19H26FN5O4S/c1-30(28,29)24-8-6-13(7-9-24)22-19-21-11-12-2-5-17(27)25(18(12)23-19)16-10-14(26)3-4-15(16)20/h2,5,11,13-16,26H,3-4,6-10H2,1H3,(H,21,22,23)/t14-,15+,16+/m1/s1/i1D3,13D. The highest BCUT2D eigenvalue weighted by Crippen LogP contribution is 2.32. The minimum atomic E-state index is -4.49. The van der Waals surface area contributed by atoms with E-state index in [0.29, 0.717) is 11.8 Å². The van der Waals surface area contributed by atoms with Crippen molar-refractivity contribution in [3.63, 3.8) is 0 Å². The number of aromatic nitrogens is 3. The van der Waals surface area contributed by atoms with Crippen LogP contribution in [0.5, 0.6) is 0 Å². The number of nitrogens with one attached hydrogen (secondary N) is 1. The van der Waals surface area contributed by atoms with E-state index in [1.807, 2.05) is 0 Å². The molecule has 4 rings (SSSR count). The minimum absolute atomic E-state index is 0.000689. The van der Waals surface area contributed by atoms with E-state index in [1.165, 1.54) is 22.9 Å². The molecular formula is C19H26FN5O4S. The molecule has 9 nitrogen and oxygen atoms in total. The number of alkyl halides is 1. The largest absolute Gasteiger partial charge is 0.393 e. The third-order valence-corrected chi connectivity index (χ3v) is 6.70. The molecule has 1 aliphatic carbocycles. The van der Waals surface area contributed by atoms with E-state index in [9.17, 15) is 22.7 Å². The zero-order valence-electron chi connectivity index (χ0n) is 20.2. The topological polar surface area (TPSA) is 117 Å². The molecule has 11 heteroatoms. The molecule has 0 bridgehead atoms. The lowest BCUT2D eigenvalue weighted by Crippen LogP contribution is -2.42. The van der Waals surface area contributed by atoms with E-state index in [0.717, 1.165) is 4.31 Å². The molecular weight excluding hydrogens is 413 g/mol. The number of piperidine rings is 1. The summed E-state index contributed by atoms with van der Waals surface area (Å²) in [4.78, 5) is 21.2. The molecule has 3 heterocycles. The Labute approximate surface area is 179 Å². The highest BCUT2D eigenvalue weighted by Gasteiger charge is 2.33. The number of hydrogen-bond donors (Lipinski definition) is 2. The first-order valence-corrected chi connectivity index (χ1v) is 11.2. The number of fused-ring (bicyclic) bond motifs is 1. The van der Waals surface area contributed by atoms with E-state index < -0.39 is 46.1 Å². The van der Waals surface area contributed by atoms with Gasteiger partial charge in [0.05, 0.1) is 19.7 Å². The predicted molar refractivity (Wildman–Crippen MR) is 111 cm³/mol. The monoisotopic (exact) mass is 443 g/mol. The van der Waals surface area contributed by atoms with Gasteiger partial charge in [-0.05, 0) is 38.2 Å². The van der Waals surface area contributed by atoms with Crippen LogP contribution in [-0.4, -0.2) is 69.9 Å². The highest BCUT2D eigenvalue weighted by atomic mass is 32.2. The summed E-state index contributed by atoms with van der Waals surface area (Å²) >= 11 is 0. The second kappa shape index (κ2) is 8.20. The lowest BCUT2D eigenvalue weighted by molar-refractivity contribution is 0.0555. The van der Waals surface area contributed by atoms with Crippen LogP contribution in [0.3, 0.4) is 0 Å². The molecule has 164 valence electrons. The molecule has 2 N–H and O–H groups in total. The zero-order chi connectivity index (χ0) is 24.9. The summed E-state index contributed by atoms with van der Waals surface area (Å²) in [6.45, 7) is -0.335. The van der Waals surface area contributed by atoms with Gasteiger partial charge in [0, 0.05) is 40.9 Å². The molecule has 2 aromatic rings. The van der Waals surface area contributed by atoms with Crippen LogP contribution in [0, 0.1) is 0 Å². The van der Waals surface area contributed by atoms with Crippen LogP contribution < -0.4 is 10.9 Å². The molecule has 0 spiro atoms. The van der Waals surface area contributed by atoms with Gasteiger partial charge in [0.1, 0.15) is 11.8 Å². The van der Waals surface area contributed by atoms with Crippen LogP contribution in [0.25, 0.3) is 11.0 Å². The Bertz CT molecular complexity index is 1230. The van der Waals surface area contributed by atoms with Crippen molar-refractivity contribution in [1.29, 1.82) is 0 Å². The number of halogens is 1. The van der Waals surface area contributed by atoms with Crippen molar-refractivity contribution in [3.8, 4) is 0 Å². The van der Waals surface area contributed by atoms with Gasteiger partial charge in [-0.25, -0.2) is 22.1 Å². The molecule has 1 aliphatic heterocycles. The highest BCUT2D eigenvalue weighted by molar-refractivity contribution is 7.88. The molecule has 0 amide bonds. The van der Waals surface area contributed by atoms with Gasteiger partial charge in [0.2, 0.25) is 16.0 Å². The molecule has 2 aromatic heterocycles. The van der Waals surface area contributed by atoms with Gasteiger partial charge in [-0.1, -0.05) is 0 Å². The van der Waals surface area contributed by atoms with Crippen molar-refractivity contribution in [3.05, 3.63) is 28.7 Å². The summed E-state index contributed by atoms with van der Waals surface area (Å²) in [5.74, 6) is 0.000689. The summed E-state index contributed by atoms with van der Waals surface area (Å²) in [6.07, 6.45) is -3.33. The zero-order valence-corrected chi connectivity index (χ0v) is 17.0. The van der Waals surface area contributed by atoms with Crippen molar-refractivity contribution in [2.45, 2.75) is 56.4 Å². The van der Waals surface area contributed by atoms with E-state index in [4.69, 9.17) is 5.48 Å². The van der Waals surface area contributed by atoms with Crippen molar-refractivity contribution in [2.24, 2.45) is 0 Å². The van der Waals surface area contributed by atoms with Crippen LogP contribution in [0.4, 0.5) is 10.3 Å². The van der Waals surface area contributed by atoms with E-state index >= 15 is 0 Å². The fourth-order valence-electron chi connectivity index (χ4n) is 4.05. The lowest BCUT2D eigenvalue weighted by Gasteiger charge is -2.32. The molecule has 30 heavy (non-hydrogen) atoms. The first-order valence-electron chi connectivity index (χ1n) is 11.8. The molecule has 1 saturated heterocycles. The number of aliphatic hydroxyl groups excluding tert-OH is 1. The van der Waals surface area contributed by atoms with Crippen LogP contribution in [0.15, 0.2) is 23.1 Å². The fraction of sp³-hybridized carbons (Fsp3) is 0.632. The van der Waals surface area contributed by atoms with E-state index in [-0.39, 0.29) is 50.4 Å². The van der Waals surface area contributed by atoms with Crippen molar-refractivity contribution < 1.29 is 23.4 Å². The molecule has 0 unspecified atom stereocenters. The van der Waals surface area contributed by atoms with Gasteiger partial charge in [-0.3, -0.25) is 9.36 Å². The summed E-state index contributed by atoms with van der Waals surface area (Å²) in [5, 5.41) is 13.4. The summed E-state index contributed by atoms with van der Waals surface area (Å²) in [6, 6.07) is 0.539. The summed E-state index contributed by atoms with van der Waals surface area (Å²) in [5.41, 5.74) is -0.305. The van der Waals surface area contributed by atoms with Gasteiger partial charge in [0.15, 0.2) is 0 Å². The maximum atomic E-state index is 14.7. The number of anilines is 1. The molecule has 3 atom stereocenters. The number of aliphatic hydroxyl groups is 1. The summed E-state index contributed by atoms with van der Waals surface area (Å²) in [7, 11) is -4.49. The third-order valence-electron chi connectivity index (χ3n) is 5.66. The Morgan fingerprint density at radius 1 is 1.30 bits per heavy atom. The maximum absolute atomic E-state index is 14.7. The van der Waals surface area contributed by atoms with Gasteiger partial charge in [0.25, 0.3) is 5.56 Å². The van der Waals surface area contributed by atoms with Crippen LogP contribution in [0.2, 0.25) is 0 Å². The van der Waals surface area contributed by atoms with Gasteiger partial charge < -0.3 is 10.4 Å². The normalized spacial score (nSPS) is 30.1. The molecule has 2 fully saturated rings. The molecule has 1 saturated carbocycles. The SMILES string of the molecule is [2H]C1(Nc2ncc3ccc(=O)n([C@H]4C[C@H](O)CC[C@@H]4F)c3n2)CCN(S(=O)(=O)C([2H])([2H])[2H])CC1. The van der Waals surface area contributed by atoms with Crippen molar-refractivity contribution >= 4 is 27.0 Å². The van der Waals surface area contributed by atoms with Crippen molar-refractivity contribution in [2.75, 3.05) is 24.6 Å².